The molecule has 0 heterocycles. The largest absolute Gasteiger partial charge is 0.423 e. The van der Waals surface area contributed by atoms with Crippen LogP contribution in [-0.2, 0) is 0 Å². The molecule has 94 valence electrons. The van der Waals surface area contributed by atoms with E-state index in [9.17, 15) is 9.59 Å². The summed E-state index contributed by atoms with van der Waals surface area (Å²) in [5.41, 5.74) is 0.885. The Morgan fingerprint density at radius 2 is 1.47 bits per heavy atom. The topological polar surface area (TPSA) is 43.4 Å². The number of rotatable bonds is 4. The lowest BCUT2D eigenvalue weighted by molar-refractivity contribution is 0.0734. The molecule has 2 aromatic rings. The molecule has 0 fully saturated rings. The van der Waals surface area contributed by atoms with Crippen LogP contribution in [0.2, 0.25) is 0 Å². The van der Waals surface area contributed by atoms with E-state index in [4.69, 9.17) is 4.74 Å². The average Bonchev–Trinajstić information content (AvgIpc) is 2.47. The predicted octanol–water partition coefficient (Wildman–Crippen LogP) is 3.27. The third-order valence-corrected chi connectivity index (χ3v) is 2.54. The van der Waals surface area contributed by atoms with E-state index < -0.39 is 5.97 Å². The first-order valence-corrected chi connectivity index (χ1v) is 5.75. The van der Waals surface area contributed by atoms with E-state index in [1.165, 1.54) is 6.08 Å². The minimum Gasteiger partial charge on any atom is -0.423 e. The van der Waals surface area contributed by atoms with Crippen molar-refractivity contribution in [2.45, 2.75) is 0 Å². The smallest absolute Gasteiger partial charge is 0.343 e. The Labute approximate surface area is 111 Å². The molecule has 19 heavy (non-hydrogen) atoms. The lowest BCUT2D eigenvalue weighted by Crippen LogP contribution is -2.08. The lowest BCUT2D eigenvalue weighted by Gasteiger charge is -2.04. The predicted molar refractivity (Wildman–Crippen MR) is 72.4 cm³/mol. The first kappa shape index (κ1) is 12.8. The third-order valence-electron chi connectivity index (χ3n) is 2.54. The zero-order valence-electron chi connectivity index (χ0n) is 10.2. The van der Waals surface area contributed by atoms with E-state index in [0.29, 0.717) is 16.9 Å². The number of carbonyl (C=O) groups is 2. The van der Waals surface area contributed by atoms with Crippen LogP contribution in [-0.4, -0.2) is 11.8 Å². The van der Waals surface area contributed by atoms with Crippen molar-refractivity contribution in [3.63, 3.8) is 0 Å². The zero-order chi connectivity index (χ0) is 13.7. The fourth-order valence-corrected chi connectivity index (χ4v) is 1.54. The summed E-state index contributed by atoms with van der Waals surface area (Å²) in [4.78, 5) is 23.2. The molecule has 3 nitrogen and oxygen atoms in total. The summed E-state index contributed by atoms with van der Waals surface area (Å²) in [6.07, 6.45) is 1.23. The molecule has 2 aromatic carbocycles. The second-order valence-corrected chi connectivity index (χ2v) is 3.85. The normalized spacial score (nSPS) is 9.68. The Bertz CT molecular complexity index is 598. The van der Waals surface area contributed by atoms with Gasteiger partial charge in [-0.15, -0.1) is 0 Å². The van der Waals surface area contributed by atoms with Gasteiger partial charge in [-0.3, -0.25) is 4.79 Å². The summed E-state index contributed by atoms with van der Waals surface area (Å²) in [5.74, 6) is -0.148. The molecule has 0 saturated carbocycles. The van der Waals surface area contributed by atoms with E-state index >= 15 is 0 Å². The lowest BCUT2D eigenvalue weighted by atomic mass is 10.1. The highest BCUT2D eigenvalue weighted by molar-refractivity contribution is 6.04. The monoisotopic (exact) mass is 252 g/mol. The van der Waals surface area contributed by atoms with Gasteiger partial charge < -0.3 is 4.74 Å². The fraction of sp³-hybridized carbons (Fsp3) is 0. The number of para-hydroxylation sites is 1. The minimum atomic E-state index is -0.455. The highest BCUT2D eigenvalue weighted by Crippen LogP contribution is 2.12. The zero-order valence-corrected chi connectivity index (χ0v) is 10.2. The number of benzene rings is 2. The Kier molecular flexibility index (Phi) is 3.88. The fourth-order valence-electron chi connectivity index (χ4n) is 1.54. The summed E-state index contributed by atoms with van der Waals surface area (Å²) < 4.78 is 5.18. The van der Waals surface area contributed by atoms with Crippen molar-refractivity contribution in [2.24, 2.45) is 0 Å². The molecule has 0 spiro atoms. The van der Waals surface area contributed by atoms with Crippen molar-refractivity contribution in [3.8, 4) is 5.75 Å². The molecule has 0 aromatic heterocycles. The maximum atomic E-state index is 11.8. The van der Waals surface area contributed by atoms with Crippen molar-refractivity contribution in [2.75, 3.05) is 0 Å². The van der Waals surface area contributed by atoms with E-state index in [0.717, 1.165) is 0 Å². The molecular formula is C16H12O3. The summed E-state index contributed by atoms with van der Waals surface area (Å²) in [6.45, 7) is 3.41. The molecule has 0 unspecified atom stereocenters. The van der Waals surface area contributed by atoms with Gasteiger partial charge in [0.25, 0.3) is 0 Å². The van der Waals surface area contributed by atoms with E-state index in [1.807, 2.05) is 6.07 Å². The number of carbonyl (C=O) groups excluding carboxylic acids is 2. The number of hydrogen-bond donors (Lipinski definition) is 0. The molecular weight excluding hydrogens is 240 g/mol. The Hall–Kier alpha value is -2.68. The quantitative estimate of drug-likeness (QED) is 0.363. The molecule has 0 aliphatic heterocycles. The Morgan fingerprint density at radius 1 is 0.895 bits per heavy atom. The summed E-state index contributed by atoms with van der Waals surface area (Å²) in [6, 6.07) is 15.1. The van der Waals surface area contributed by atoms with E-state index in [-0.39, 0.29) is 5.78 Å². The van der Waals surface area contributed by atoms with Gasteiger partial charge in [0.2, 0.25) is 0 Å². The molecule has 0 aliphatic rings. The Morgan fingerprint density at radius 3 is 2.05 bits per heavy atom. The van der Waals surface area contributed by atoms with Gasteiger partial charge >= 0.3 is 5.97 Å². The second-order valence-electron chi connectivity index (χ2n) is 3.85. The van der Waals surface area contributed by atoms with Crippen molar-refractivity contribution in [1.29, 1.82) is 0 Å². The van der Waals surface area contributed by atoms with Gasteiger partial charge in [0.15, 0.2) is 5.78 Å². The minimum absolute atomic E-state index is 0.178. The van der Waals surface area contributed by atoms with Crippen LogP contribution < -0.4 is 4.74 Å². The van der Waals surface area contributed by atoms with Crippen LogP contribution in [0.1, 0.15) is 20.7 Å². The number of esters is 1. The van der Waals surface area contributed by atoms with Crippen LogP contribution in [0.4, 0.5) is 0 Å². The number of allylic oxidation sites excluding steroid dienone is 1. The number of ether oxygens (including phenoxy) is 1. The van der Waals surface area contributed by atoms with Gasteiger partial charge in [-0.1, -0.05) is 36.9 Å². The maximum Gasteiger partial charge on any atom is 0.343 e. The van der Waals surface area contributed by atoms with Crippen LogP contribution >= 0.6 is 0 Å². The highest BCUT2D eigenvalue weighted by atomic mass is 16.5. The molecule has 0 bridgehead atoms. The van der Waals surface area contributed by atoms with Crippen LogP contribution in [0.25, 0.3) is 0 Å². The summed E-state index contributed by atoms with van der Waals surface area (Å²) in [5, 5.41) is 0. The highest BCUT2D eigenvalue weighted by Gasteiger charge is 2.09. The van der Waals surface area contributed by atoms with Crippen LogP contribution in [0.5, 0.6) is 5.75 Å². The van der Waals surface area contributed by atoms with Crippen molar-refractivity contribution < 1.29 is 14.3 Å². The van der Waals surface area contributed by atoms with Gasteiger partial charge in [0.1, 0.15) is 5.75 Å². The van der Waals surface area contributed by atoms with Crippen LogP contribution in [0.3, 0.4) is 0 Å². The van der Waals surface area contributed by atoms with Crippen molar-refractivity contribution in [1.82, 2.24) is 0 Å². The molecule has 3 heteroatoms. The molecule has 0 amide bonds. The molecule has 0 N–H and O–H groups in total. The first-order chi connectivity index (χ1) is 9.20. The van der Waals surface area contributed by atoms with Gasteiger partial charge in [0, 0.05) is 5.56 Å². The van der Waals surface area contributed by atoms with E-state index in [1.54, 1.807) is 48.5 Å². The van der Waals surface area contributed by atoms with Gasteiger partial charge in [-0.25, -0.2) is 4.79 Å². The standard InChI is InChI=1S/C16H12O3/c1-2-15(17)12-8-10-13(11-9-12)16(18)19-14-6-4-3-5-7-14/h2-11H,1H2. The number of ketones is 1. The second kappa shape index (κ2) is 5.78. The van der Waals surface area contributed by atoms with E-state index in [2.05, 4.69) is 6.58 Å². The molecule has 2 rings (SSSR count). The van der Waals surface area contributed by atoms with Gasteiger partial charge in [-0.2, -0.15) is 0 Å². The van der Waals surface area contributed by atoms with Gasteiger partial charge in [0.05, 0.1) is 5.56 Å². The summed E-state index contributed by atoms with van der Waals surface area (Å²) in [7, 11) is 0. The van der Waals surface area contributed by atoms with Crippen LogP contribution in [0.15, 0.2) is 67.3 Å². The summed E-state index contributed by atoms with van der Waals surface area (Å²) >= 11 is 0. The maximum absolute atomic E-state index is 11.8. The van der Waals surface area contributed by atoms with Crippen molar-refractivity contribution >= 4 is 11.8 Å². The molecule has 0 saturated heterocycles. The SMILES string of the molecule is C=CC(=O)c1ccc(C(=O)Oc2ccccc2)cc1. The molecule has 0 aliphatic carbocycles. The molecule has 0 radical (unpaired) electrons. The Balaban J connectivity index is 2.12. The molecule has 0 atom stereocenters. The van der Waals surface area contributed by atoms with Crippen molar-refractivity contribution in [3.05, 3.63) is 78.4 Å². The average molecular weight is 252 g/mol. The van der Waals surface area contributed by atoms with Crippen LogP contribution in [0, 0.1) is 0 Å². The third kappa shape index (κ3) is 3.16. The van der Waals surface area contributed by atoms with Gasteiger partial charge in [-0.05, 0) is 30.3 Å². The number of hydrogen-bond acceptors (Lipinski definition) is 3. The first-order valence-electron chi connectivity index (χ1n) is 5.75.